The molecule has 0 fully saturated rings. The standard InChI is InChI=1S/C15H26FN3/c1-4-9-19(11-10-18(2)3)15(12-17)13-7-5-6-8-14(13)16/h5-8,15H,4,9-12,17H2,1-3H3. The van der Waals surface area contributed by atoms with Crippen molar-refractivity contribution in [2.24, 2.45) is 5.73 Å². The summed E-state index contributed by atoms with van der Waals surface area (Å²) in [5.41, 5.74) is 6.60. The maximum atomic E-state index is 13.9. The van der Waals surface area contributed by atoms with E-state index in [4.69, 9.17) is 5.73 Å². The van der Waals surface area contributed by atoms with E-state index in [0.717, 1.165) is 26.1 Å². The lowest BCUT2D eigenvalue weighted by molar-refractivity contribution is 0.179. The van der Waals surface area contributed by atoms with E-state index in [2.05, 4.69) is 16.7 Å². The first-order valence-corrected chi connectivity index (χ1v) is 6.93. The van der Waals surface area contributed by atoms with E-state index in [9.17, 15) is 4.39 Å². The van der Waals surface area contributed by atoms with Crippen LogP contribution in [-0.2, 0) is 0 Å². The molecule has 0 bridgehead atoms. The fourth-order valence-electron chi connectivity index (χ4n) is 2.26. The Kier molecular flexibility index (Phi) is 6.99. The Balaban J connectivity index is 2.86. The van der Waals surface area contributed by atoms with Crippen molar-refractivity contribution < 1.29 is 4.39 Å². The molecule has 1 aromatic carbocycles. The van der Waals surface area contributed by atoms with Gasteiger partial charge in [0.25, 0.3) is 0 Å². The first-order valence-electron chi connectivity index (χ1n) is 6.93. The van der Waals surface area contributed by atoms with Crippen molar-refractivity contribution in [3.05, 3.63) is 35.6 Å². The van der Waals surface area contributed by atoms with E-state index < -0.39 is 0 Å². The van der Waals surface area contributed by atoms with E-state index in [1.54, 1.807) is 6.07 Å². The molecule has 0 aliphatic rings. The number of nitrogens with zero attached hydrogens (tertiary/aromatic N) is 2. The smallest absolute Gasteiger partial charge is 0.128 e. The van der Waals surface area contributed by atoms with Crippen LogP contribution in [0, 0.1) is 5.82 Å². The molecular formula is C15H26FN3. The molecule has 0 heterocycles. The van der Waals surface area contributed by atoms with Gasteiger partial charge in [0.1, 0.15) is 5.82 Å². The number of hydrogen-bond acceptors (Lipinski definition) is 3. The lowest BCUT2D eigenvalue weighted by Gasteiger charge is -2.32. The predicted molar refractivity (Wildman–Crippen MR) is 78.6 cm³/mol. The first-order chi connectivity index (χ1) is 9.10. The van der Waals surface area contributed by atoms with Crippen LogP contribution in [0.1, 0.15) is 24.9 Å². The molecule has 4 heteroatoms. The summed E-state index contributed by atoms with van der Waals surface area (Å²) in [6.45, 7) is 5.36. The van der Waals surface area contributed by atoms with E-state index in [1.165, 1.54) is 6.07 Å². The minimum absolute atomic E-state index is 0.0406. The van der Waals surface area contributed by atoms with Gasteiger partial charge in [-0.2, -0.15) is 0 Å². The van der Waals surface area contributed by atoms with E-state index in [1.807, 2.05) is 26.2 Å². The van der Waals surface area contributed by atoms with Crippen molar-refractivity contribution in [2.75, 3.05) is 40.3 Å². The molecule has 3 nitrogen and oxygen atoms in total. The second-order valence-electron chi connectivity index (χ2n) is 5.11. The van der Waals surface area contributed by atoms with Gasteiger partial charge in [0.05, 0.1) is 0 Å². The van der Waals surface area contributed by atoms with E-state index >= 15 is 0 Å². The Morgan fingerprint density at radius 2 is 1.84 bits per heavy atom. The Bertz CT molecular complexity index is 368. The SMILES string of the molecule is CCCN(CCN(C)C)C(CN)c1ccccc1F. The van der Waals surface area contributed by atoms with Crippen LogP contribution in [-0.4, -0.2) is 50.1 Å². The Labute approximate surface area is 116 Å². The molecular weight excluding hydrogens is 241 g/mol. The van der Waals surface area contributed by atoms with Gasteiger partial charge in [-0.3, -0.25) is 4.90 Å². The Morgan fingerprint density at radius 3 is 2.37 bits per heavy atom. The van der Waals surface area contributed by atoms with Crippen LogP contribution < -0.4 is 5.73 Å². The molecule has 0 spiro atoms. The van der Waals surface area contributed by atoms with Crippen LogP contribution in [0.3, 0.4) is 0 Å². The second-order valence-corrected chi connectivity index (χ2v) is 5.11. The molecule has 1 aromatic rings. The molecule has 0 radical (unpaired) electrons. The number of nitrogens with two attached hydrogens (primary N) is 1. The average molecular weight is 267 g/mol. The molecule has 19 heavy (non-hydrogen) atoms. The number of rotatable bonds is 8. The van der Waals surface area contributed by atoms with Gasteiger partial charge in [0.15, 0.2) is 0 Å². The third-order valence-electron chi connectivity index (χ3n) is 3.27. The number of likely N-dealkylation sites (N-methyl/N-ethyl adjacent to an activating group) is 1. The van der Waals surface area contributed by atoms with Gasteiger partial charge < -0.3 is 10.6 Å². The molecule has 0 amide bonds. The zero-order valence-electron chi connectivity index (χ0n) is 12.3. The molecule has 1 rings (SSSR count). The van der Waals surface area contributed by atoms with Crippen molar-refractivity contribution in [2.45, 2.75) is 19.4 Å². The Morgan fingerprint density at radius 1 is 1.16 bits per heavy atom. The number of hydrogen-bond donors (Lipinski definition) is 1. The normalized spacial score (nSPS) is 13.2. The molecule has 0 aliphatic heterocycles. The highest BCUT2D eigenvalue weighted by atomic mass is 19.1. The van der Waals surface area contributed by atoms with Crippen LogP contribution in [0.15, 0.2) is 24.3 Å². The largest absolute Gasteiger partial charge is 0.329 e. The van der Waals surface area contributed by atoms with Crippen LogP contribution >= 0.6 is 0 Å². The molecule has 0 aromatic heterocycles. The van der Waals surface area contributed by atoms with Crippen LogP contribution in [0.5, 0.6) is 0 Å². The van der Waals surface area contributed by atoms with Gasteiger partial charge in [-0.25, -0.2) is 4.39 Å². The van der Waals surface area contributed by atoms with Gasteiger partial charge in [-0.1, -0.05) is 25.1 Å². The van der Waals surface area contributed by atoms with Gasteiger partial charge in [0, 0.05) is 31.2 Å². The summed E-state index contributed by atoms with van der Waals surface area (Å²) in [5.74, 6) is -0.163. The minimum Gasteiger partial charge on any atom is -0.329 e. The van der Waals surface area contributed by atoms with Crippen molar-refractivity contribution >= 4 is 0 Å². The molecule has 0 aliphatic carbocycles. The van der Waals surface area contributed by atoms with Gasteiger partial charge >= 0.3 is 0 Å². The topological polar surface area (TPSA) is 32.5 Å². The van der Waals surface area contributed by atoms with E-state index in [0.29, 0.717) is 12.1 Å². The van der Waals surface area contributed by atoms with Gasteiger partial charge in [-0.05, 0) is 33.1 Å². The van der Waals surface area contributed by atoms with Crippen molar-refractivity contribution in [1.29, 1.82) is 0 Å². The second kappa shape index (κ2) is 8.25. The minimum atomic E-state index is -0.163. The van der Waals surface area contributed by atoms with Crippen LogP contribution in [0.25, 0.3) is 0 Å². The van der Waals surface area contributed by atoms with E-state index in [-0.39, 0.29) is 11.9 Å². The number of halogens is 1. The predicted octanol–water partition coefficient (Wildman–Crippen LogP) is 2.10. The van der Waals surface area contributed by atoms with Gasteiger partial charge in [-0.15, -0.1) is 0 Å². The Hall–Kier alpha value is -0.970. The summed E-state index contributed by atoms with van der Waals surface area (Å²) in [6.07, 6.45) is 1.04. The summed E-state index contributed by atoms with van der Waals surface area (Å²) >= 11 is 0. The zero-order chi connectivity index (χ0) is 14.3. The highest BCUT2D eigenvalue weighted by Crippen LogP contribution is 2.22. The van der Waals surface area contributed by atoms with Gasteiger partial charge in [0.2, 0.25) is 0 Å². The fourth-order valence-corrected chi connectivity index (χ4v) is 2.26. The highest BCUT2D eigenvalue weighted by molar-refractivity contribution is 5.21. The summed E-state index contributed by atoms with van der Waals surface area (Å²) in [6, 6.07) is 6.90. The summed E-state index contributed by atoms with van der Waals surface area (Å²) in [7, 11) is 4.09. The quantitative estimate of drug-likeness (QED) is 0.783. The van der Waals surface area contributed by atoms with Crippen LogP contribution in [0.2, 0.25) is 0 Å². The monoisotopic (exact) mass is 267 g/mol. The molecule has 1 unspecified atom stereocenters. The maximum absolute atomic E-state index is 13.9. The van der Waals surface area contributed by atoms with Crippen molar-refractivity contribution in [1.82, 2.24) is 9.80 Å². The number of benzene rings is 1. The average Bonchev–Trinajstić information content (AvgIpc) is 2.38. The summed E-state index contributed by atoms with van der Waals surface area (Å²) < 4.78 is 13.9. The maximum Gasteiger partial charge on any atom is 0.128 e. The molecule has 2 N–H and O–H groups in total. The zero-order valence-corrected chi connectivity index (χ0v) is 12.3. The van der Waals surface area contributed by atoms with Crippen molar-refractivity contribution in [3.8, 4) is 0 Å². The van der Waals surface area contributed by atoms with Crippen LogP contribution in [0.4, 0.5) is 4.39 Å². The third-order valence-corrected chi connectivity index (χ3v) is 3.27. The molecule has 108 valence electrons. The summed E-state index contributed by atoms with van der Waals surface area (Å²) in [5, 5.41) is 0. The molecule has 0 saturated carbocycles. The van der Waals surface area contributed by atoms with Crippen molar-refractivity contribution in [3.63, 3.8) is 0 Å². The molecule has 0 saturated heterocycles. The lowest BCUT2D eigenvalue weighted by Crippen LogP contribution is -2.39. The molecule has 1 atom stereocenters. The third kappa shape index (κ3) is 4.90. The lowest BCUT2D eigenvalue weighted by atomic mass is 10.0. The summed E-state index contributed by atoms with van der Waals surface area (Å²) in [4.78, 5) is 4.41. The first kappa shape index (κ1) is 16.1. The highest BCUT2D eigenvalue weighted by Gasteiger charge is 2.20. The fraction of sp³-hybridized carbons (Fsp3) is 0.600.